The number of hydrogen-bond donors (Lipinski definition) is 0. The highest BCUT2D eigenvalue weighted by Crippen LogP contribution is 2.30. The quantitative estimate of drug-likeness (QED) is 0.306. The fraction of sp³-hybridized carbons (Fsp3) is 0.391. The Bertz CT molecular complexity index is 1070. The van der Waals surface area contributed by atoms with Gasteiger partial charge in [0.25, 0.3) is 10.0 Å². The van der Waals surface area contributed by atoms with Gasteiger partial charge < -0.3 is 14.4 Å². The number of sulfonamides is 1. The van der Waals surface area contributed by atoms with Gasteiger partial charge in [-0.25, -0.2) is 0 Å². The minimum atomic E-state index is -4.07. The maximum Gasteiger partial charge on any atom is 0.309 e. The van der Waals surface area contributed by atoms with Crippen LogP contribution in [-0.2, 0) is 19.6 Å². The van der Waals surface area contributed by atoms with E-state index in [2.05, 4.69) is 20.3 Å². The van der Waals surface area contributed by atoms with E-state index in [9.17, 15) is 13.2 Å². The van der Waals surface area contributed by atoms with Crippen LogP contribution in [0.1, 0.15) is 32.3 Å². The maximum atomic E-state index is 13.4. The smallest absolute Gasteiger partial charge is 0.309 e. The first kappa shape index (κ1) is 24.3. The van der Waals surface area contributed by atoms with E-state index in [1.165, 1.54) is 6.07 Å². The topological polar surface area (TPSA) is 85.3 Å². The summed E-state index contributed by atoms with van der Waals surface area (Å²) in [4.78, 5) is 14.0. The molecule has 1 aliphatic heterocycles. The summed E-state index contributed by atoms with van der Waals surface area (Å²) in [6.07, 6.45) is 1.15. The molecular formula is C23H27BrN2O5S. The number of piperidine rings is 1. The lowest BCUT2D eigenvalue weighted by Gasteiger charge is -2.33. The fourth-order valence-electron chi connectivity index (χ4n) is 3.59. The summed E-state index contributed by atoms with van der Waals surface area (Å²) < 4.78 is 42.3. The Morgan fingerprint density at radius 2 is 1.78 bits per heavy atom. The summed E-state index contributed by atoms with van der Waals surface area (Å²) in [6, 6.07) is 14.0. The van der Waals surface area contributed by atoms with Crippen molar-refractivity contribution >= 4 is 37.8 Å². The van der Waals surface area contributed by atoms with E-state index in [1.54, 1.807) is 26.0 Å². The number of rotatable bonds is 7. The summed E-state index contributed by atoms with van der Waals surface area (Å²) in [6.45, 7) is 5.28. The highest BCUT2D eigenvalue weighted by Gasteiger charge is 2.30. The van der Waals surface area contributed by atoms with Crippen molar-refractivity contribution in [3.8, 4) is 5.75 Å². The van der Waals surface area contributed by atoms with E-state index < -0.39 is 10.0 Å². The number of nitrogens with zero attached hydrogens (tertiary/aromatic N) is 2. The lowest BCUT2D eigenvalue weighted by molar-refractivity contribution is -0.149. The minimum Gasteiger partial charge on any atom is -0.492 e. The fourth-order valence-corrected chi connectivity index (χ4v) is 5.31. The highest BCUT2D eigenvalue weighted by molar-refractivity contribution is 9.10. The number of amidine groups is 1. The monoisotopic (exact) mass is 522 g/mol. The number of likely N-dealkylation sites (tertiary alicyclic amines) is 1. The van der Waals surface area contributed by atoms with Crippen molar-refractivity contribution in [3.05, 3.63) is 58.6 Å². The van der Waals surface area contributed by atoms with Gasteiger partial charge in [0, 0.05) is 23.1 Å². The van der Waals surface area contributed by atoms with Crippen LogP contribution in [0.3, 0.4) is 0 Å². The normalized spacial score (nSPS) is 15.5. The summed E-state index contributed by atoms with van der Waals surface area (Å²) in [5, 5.41) is 0. The molecule has 1 heterocycles. The predicted octanol–water partition coefficient (Wildman–Crippen LogP) is 4.26. The molecule has 7 nitrogen and oxygen atoms in total. The van der Waals surface area contributed by atoms with Crippen LogP contribution >= 0.6 is 15.9 Å². The second-order valence-corrected chi connectivity index (χ2v) is 9.78. The molecule has 1 saturated heterocycles. The second-order valence-electron chi connectivity index (χ2n) is 7.29. The summed E-state index contributed by atoms with van der Waals surface area (Å²) in [7, 11) is -4.07. The molecule has 172 valence electrons. The van der Waals surface area contributed by atoms with Crippen LogP contribution in [0.25, 0.3) is 0 Å². The molecule has 1 fully saturated rings. The largest absolute Gasteiger partial charge is 0.492 e. The molecule has 0 aliphatic carbocycles. The molecule has 0 spiro atoms. The number of halogens is 1. The van der Waals surface area contributed by atoms with Gasteiger partial charge in [-0.2, -0.15) is 8.42 Å². The van der Waals surface area contributed by atoms with E-state index >= 15 is 0 Å². The number of carbonyl (C=O) groups is 1. The van der Waals surface area contributed by atoms with Crippen LogP contribution in [0.2, 0.25) is 0 Å². The van der Waals surface area contributed by atoms with Crippen molar-refractivity contribution in [1.82, 2.24) is 4.90 Å². The Labute approximate surface area is 197 Å². The van der Waals surface area contributed by atoms with Crippen LogP contribution in [-0.4, -0.2) is 51.4 Å². The van der Waals surface area contributed by atoms with Gasteiger partial charge in [0.2, 0.25) is 0 Å². The Kier molecular flexibility index (Phi) is 8.31. The third-order valence-electron chi connectivity index (χ3n) is 5.14. The molecule has 9 heteroatoms. The van der Waals surface area contributed by atoms with Crippen LogP contribution in [0.4, 0.5) is 0 Å². The van der Waals surface area contributed by atoms with Crippen molar-refractivity contribution in [2.75, 3.05) is 26.3 Å². The lowest BCUT2D eigenvalue weighted by Crippen LogP contribution is -2.41. The zero-order chi connectivity index (χ0) is 23.1. The van der Waals surface area contributed by atoms with Crippen molar-refractivity contribution < 1.29 is 22.7 Å². The summed E-state index contributed by atoms with van der Waals surface area (Å²) in [5.41, 5.74) is 0.693. The average molecular weight is 523 g/mol. The van der Waals surface area contributed by atoms with Crippen LogP contribution < -0.4 is 4.74 Å². The number of esters is 1. The van der Waals surface area contributed by atoms with Crippen molar-refractivity contribution in [2.45, 2.75) is 31.6 Å². The summed E-state index contributed by atoms with van der Waals surface area (Å²) in [5.74, 6) is 0.228. The zero-order valence-electron chi connectivity index (χ0n) is 18.2. The molecule has 0 radical (unpaired) electrons. The number of carbonyl (C=O) groups excluding carboxylic acids is 1. The number of benzene rings is 2. The van der Waals surface area contributed by atoms with Crippen molar-refractivity contribution in [1.29, 1.82) is 0 Å². The first-order valence-electron chi connectivity index (χ1n) is 10.6. The molecule has 0 unspecified atom stereocenters. The first-order chi connectivity index (χ1) is 15.4. The molecule has 0 saturated carbocycles. The van der Waals surface area contributed by atoms with Gasteiger partial charge in [-0.1, -0.05) is 46.3 Å². The Hall–Kier alpha value is -2.39. The van der Waals surface area contributed by atoms with E-state index in [4.69, 9.17) is 9.47 Å². The number of ether oxygens (including phenoxy) is 2. The molecule has 2 aromatic carbocycles. The highest BCUT2D eigenvalue weighted by atomic mass is 79.9. The lowest BCUT2D eigenvalue weighted by atomic mass is 9.96. The Morgan fingerprint density at radius 1 is 1.09 bits per heavy atom. The standard InChI is InChI=1S/C23H27BrN2O5S/c1-3-30-20-11-10-19(24)16-21(20)32(28,29)25-22(17-8-6-5-7-9-17)26-14-12-18(13-15-26)23(27)31-4-2/h5-11,16,18H,3-4,12-15H2,1-2H3/b25-22+. The summed E-state index contributed by atoms with van der Waals surface area (Å²) >= 11 is 3.34. The van der Waals surface area contributed by atoms with Gasteiger partial charge in [0.15, 0.2) is 0 Å². The van der Waals surface area contributed by atoms with Crippen LogP contribution in [0.15, 0.2) is 62.3 Å². The number of hydrogen-bond acceptors (Lipinski definition) is 5. The molecule has 1 aliphatic rings. The van der Waals surface area contributed by atoms with Crippen LogP contribution in [0.5, 0.6) is 5.75 Å². The van der Waals surface area contributed by atoms with E-state index in [0.717, 1.165) is 0 Å². The Balaban J connectivity index is 1.97. The molecule has 0 N–H and O–H groups in total. The van der Waals surface area contributed by atoms with Gasteiger partial charge in [-0.15, -0.1) is 4.40 Å². The van der Waals surface area contributed by atoms with Gasteiger partial charge in [-0.05, 0) is 44.9 Å². The van der Waals surface area contributed by atoms with E-state index in [1.807, 2.05) is 35.2 Å². The van der Waals surface area contributed by atoms with E-state index in [-0.39, 0.29) is 22.5 Å². The molecule has 0 atom stereocenters. The molecule has 0 aromatic heterocycles. The third kappa shape index (κ3) is 5.89. The average Bonchev–Trinajstić information content (AvgIpc) is 2.80. The Morgan fingerprint density at radius 3 is 2.41 bits per heavy atom. The first-order valence-corrected chi connectivity index (χ1v) is 12.8. The SMILES string of the molecule is CCOC(=O)C1CCN(/C(=N/S(=O)(=O)c2cc(Br)ccc2OCC)c2ccccc2)CC1. The predicted molar refractivity (Wildman–Crippen MR) is 126 cm³/mol. The molecule has 3 rings (SSSR count). The van der Waals surface area contributed by atoms with Gasteiger partial charge >= 0.3 is 5.97 Å². The van der Waals surface area contributed by atoms with Gasteiger partial charge in [0.1, 0.15) is 16.5 Å². The van der Waals surface area contributed by atoms with Crippen molar-refractivity contribution in [3.63, 3.8) is 0 Å². The molecule has 32 heavy (non-hydrogen) atoms. The third-order valence-corrected chi connectivity index (χ3v) is 6.92. The second kappa shape index (κ2) is 11.0. The van der Waals surface area contributed by atoms with Gasteiger partial charge in [-0.3, -0.25) is 4.79 Å². The molecule has 2 aromatic rings. The zero-order valence-corrected chi connectivity index (χ0v) is 20.6. The van der Waals surface area contributed by atoms with E-state index in [0.29, 0.717) is 55.0 Å². The molecular weight excluding hydrogens is 496 g/mol. The van der Waals surface area contributed by atoms with Crippen LogP contribution in [0, 0.1) is 5.92 Å². The minimum absolute atomic E-state index is 0.00330. The van der Waals surface area contributed by atoms with Gasteiger partial charge in [0.05, 0.1) is 19.1 Å². The molecule has 0 amide bonds. The maximum absolute atomic E-state index is 13.4. The van der Waals surface area contributed by atoms with Crippen molar-refractivity contribution in [2.24, 2.45) is 10.3 Å². The molecule has 0 bridgehead atoms.